The molecule has 10 nitrogen and oxygen atoms in total. The van der Waals surface area contributed by atoms with Gasteiger partial charge in [0.1, 0.15) is 6.33 Å². The van der Waals surface area contributed by atoms with Crippen molar-refractivity contribution in [1.82, 2.24) is 14.8 Å². The van der Waals surface area contributed by atoms with E-state index < -0.39 is 20.6 Å². The lowest BCUT2D eigenvalue weighted by molar-refractivity contribution is -0.385. The van der Waals surface area contributed by atoms with Crippen LogP contribution in [-0.2, 0) is 10.0 Å². The van der Waals surface area contributed by atoms with Crippen molar-refractivity contribution in [2.75, 3.05) is 5.43 Å². The second-order valence-electron chi connectivity index (χ2n) is 5.34. The second-order valence-corrected chi connectivity index (χ2v) is 7.03. The summed E-state index contributed by atoms with van der Waals surface area (Å²) in [6.07, 6.45) is 0.679. The van der Waals surface area contributed by atoms with Crippen molar-refractivity contribution in [1.29, 1.82) is 0 Å². The van der Waals surface area contributed by atoms with Crippen molar-refractivity contribution >= 4 is 21.5 Å². The Kier molecular flexibility index (Phi) is 5.49. The number of nitrogens with one attached hydrogen (secondary N) is 2. The van der Waals surface area contributed by atoms with Gasteiger partial charge in [-0.15, -0.1) is 4.83 Å². The molecule has 0 aliphatic carbocycles. The Morgan fingerprint density at radius 1 is 1.20 bits per heavy atom. The normalized spacial score (nSPS) is 11.4. The smallest absolute Gasteiger partial charge is 0.374 e. The standard InChI is InChI=1S/C14H17N5O5S/c1-9(2)24-14-12(19(20)21)13(15-8-16-14)17-18-25(22,23)11-6-4-10(3)5-7-11/h4-9,18H,1-3H3,(H,15,16,17). The number of anilines is 1. The van der Waals surface area contributed by atoms with E-state index in [4.69, 9.17) is 4.74 Å². The van der Waals surface area contributed by atoms with Gasteiger partial charge in [-0.1, -0.05) is 17.7 Å². The third kappa shape index (κ3) is 4.61. The van der Waals surface area contributed by atoms with E-state index in [1.165, 1.54) is 12.1 Å². The Bertz CT molecular complexity index is 868. The Morgan fingerprint density at radius 2 is 1.84 bits per heavy atom. The van der Waals surface area contributed by atoms with Gasteiger partial charge in [0.2, 0.25) is 5.82 Å². The number of sulfonamides is 1. The summed E-state index contributed by atoms with van der Waals surface area (Å²) < 4.78 is 29.8. The third-order valence-corrected chi connectivity index (χ3v) is 4.22. The van der Waals surface area contributed by atoms with Gasteiger partial charge in [0.25, 0.3) is 15.9 Å². The van der Waals surface area contributed by atoms with Gasteiger partial charge in [-0.2, -0.15) is 4.98 Å². The maximum Gasteiger partial charge on any atom is 0.374 e. The van der Waals surface area contributed by atoms with E-state index in [0.29, 0.717) is 0 Å². The molecular formula is C14H17N5O5S. The maximum atomic E-state index is 12.2. The monoisotopic (exact) mass is 367 g/mol. The van der Waals surface area contributed by atoms with Crippen LogP contribution in [-0.4, -0.2) is 29.4 Å². The van der Waals surface area contributed by atoms with Crippen molar-refractivity contribution in [2.24, 2.45) is 0 Å². The number of hydrogen-bond acceptors (Lipinski definition) is 8. The molecule has 0 spiro atoms. The van der Waals surface area contributed by atoms with Crippen LogP contribution in [0.25, 0.3) is 0 Å². The number of rotatable bonds is 7. The summed E-state index contributed by atoms with van der Waals surface area (Å²) in [7, 11) is -3.94. The van der Waals surface area contributed by atoms with Crippen LogP contribution in [0.4, 0.5) is 11.5 Å². The van der Waals surface area contributed by atoms with Gasteiger partial charge in [0.15, 0.2) is 0 Å². The lowest BCUT2D eigenvalue weighted by Crippen LogP contribution is -2.30. The molecule has 0 aliphatic rings. The number of nitro groups is 1. The van der Waals surface area contributed by atoms with Crippen LogP contribution >= 0.6 is 0 Å². The first kappa shape index (κ1) is 18.5. The molecule has 11 heteroatoms. The molecule has 25 heavy (non-hydrogen) atoms. The zero-order chi connectivity index (χ0) is 18.6. The van der Waals surface area contributed by atoms with Gasteiger partial charge in [0.05, 0.1) is 15.9 Å². The molecule has 0 unspecified atom stereocenters. The average molecular weight is 367 g/mol. The van der Waals surface area contributed by atoms with E-state index in [2.05, 4.69) is 20.2 Å². The van der Waals surface area contributed by atoms with E-state index in [1.807, 2.05) is 6.92 Å². The first-order valence-electron chi connectivity index (χ1n) is 7.21. The largest absolute Gasteiger partial charge is 0.470 e. The van der Waals surface area contributed by atoms with Crippen LogP contribution in [0.1, 0.15) is 19.4 Å². The van der Waals surface area contributed by atoms with Crippen molar-refractivity contribution in [2.45, 2.75) is 31.8 Å². The molecule has 0 fully saturated rings. The molecule has 0 atom stereocenters. The first-order chi connectivity index (χ1) is 11.7. The number of aryl methyl sites for hydroxylation is 1. The summed E-state index contributed by atoms with van der Waals surface area (Å²) in [5.41, 5.74) is 2.58. The van der Waals surface area contributed by atoms with Gasteiger partial charge >= 0.3 is 5.69 Å². The van der Waals surface area contributed by atoms with Gasteiger partial charge in [-0.3, -0.25) is 15.5 Å². The summed E-state index contributed by atoms with van der Waals surface area (Å²) >= 11 is 0. The molecule has 134 valence electrons. The van der Waals surface area contributed by atoms with Gasteiger partial charge in [-0.05, 0) is 32.9 Å². The molecule has 0 aliphatic heterocycles. The summed E-state index contributed by atoms with van der Waals surface area (Å²) in [5, 5.41) is 11.3. The number of hydrazine groups is 1. The van der Waals surface area contributed by atoms with Gasteiger partial charge in [0, 0.05) is 0 Å². The average Bonchev–Trinajstić information content (AvgIpc) is 2.52. The lowest BCUT2D eigenvalue weighted by atomic mass is 10.2. The van der Waals surface area contributed by atoms with E-state index in [0.717, 1.165) is 11.9 Å². The summed E-state index contributed by atoms with van der Waals surface area (Å²) in [6, 6.07) is 6.11. The van der Waals surface area contributed by atoms with Crippen LogP contribution < -0.4 is 15.0 Å². The predicted octanol–water partition coefficient (Wildman–Crippen LogP) is 1.79. The maximum absolute atomic E-state index is 12.2. The quantitative estimate of drug-likeness (QED) is 0.558. The molecular weight excluding hydrogens is 350 g/mol. The van der Waals surface area contributed by atoms with Gasteiger partial charge in [-0.25, -0.2) is 13.4 Å². The fourth-order valence-corrected chi connectivity index (χ4v) is 2.66. The second kappa shape index (κ2) is 7.40. The van der Waals surface area contributed by atoms with Crippen molar-refractivity contribution in [3.05, 3.63) is 46.3 Å². The van der Waals surface area contributed by atoms with Crippen LogP contribution in [0, 0.1) is 17.0 Å². The van der Waals surface area contributed by atoms with Crippen molar-refractivity contribution in [3.8, 4) is 5.88 Å². The minimum Gasteiger partial charge on any atom is -0.470 e. The molecule has 0 bridgehead atoms. The summed E-state index contributed by atoms with van der Waals surface area (Å²) in [4.78, 5) is 20.0. The van der Waals surface area contributed by atoms with Gasteiger partial charge < -0.3 is 4.74 Å². The third-order valence-electron chi connectivity index (χ3n) is 2.95. The fourth-order valence-electron chi connectivity index (χ4n) is 1.82. The Hall–Kier alpha value is -2.79. The zero-order valence-electron chi connectivity index (χ0n) is 13.8. The number of hydrogen-bond donors (Lipinski definition) is 2. The van der Waals surface area contributed by atoms with Crippen molar-refractivity contribution in [3.63, 3.8) is 0 Å². The minimum absolute atomic E-state index is 0.000892. The SMILES string of the molecule is Cc1ccc(S(=O)(=O)NNc2ncnc(OC(C)C)c2[N+](=O)[O-])cc1. The zero-order valence-corrected chi connectivity index (χ0v) is 14.6. The number of ether oxygens (including phenoxy) is 1. The molecule has 2 N–H and O–H groups in total. The van der Waals surface area contributed by atoms with Crippen LogP contribution in [0.5, 0.6) is 5.88 Å². The Balaban J connectivity index is 2.28. The molecule has 0 radical (unpaired) electrons. The van der Waals surface area contributed by atoms with Crippen LogP contribution in [0.15, 0.2) is 35.5 Å². The first-order valence-corrected chi connectivity index (χ1v) is 8.69. The highest BCUT2D eigenvalue weighted by molar-refractivity contribution is 7.89. The highest BCUT2D eigenvalue weighted by Crippen LogP contribution is 2.31. The number of nitrogens with zero attached hydrogens (tertiary/aromatic N) is 3. The molecule has 2 aromatic rings. The van der Waals surface area contributed by atoms with E-state index >= 15 is 0 Å². The number of aromatic nitrogens is 2. The Morgan fingerprint density at radius 3 is 2.40 bits per heavy atom. The number of benzene rings is 1. The van der Waals surface area contributed by atoms with E-state index in [-0.39, 0.29) is 22.7 Å². The highest BCUT2D eigenvalue weighted by atomic mass is 32.2. The summed E-state index contributed by atoms with van der Waals surface area (Å²) in [6.45, 7) is 5.18. The topological polar surface area (TPSA) is 136 Å². The molecule has 1 heterocycles. The van der Waals surface area contributed by atoms with E-state index in [9.17, 15) is 18.5 Å². The molecule has 0 saturated carbocycles. The molecule has 0 amide bonds. The predicted molar refractivity (Wildman–Crippen MR) is 89.6 cm³/mol. The molecule has 0 saturated heterocycles. The molecule has 1 aromatic heterocycles. The molecule has 2 rings (SSSR count). The highest BCUT2D eigenvalue weighted by Gasteiger charge is 2.26. The van der Waals surface area contributed by atoms with Crippen molar-refractivity contribution < 1.29 is 18.1 Å². The molecule has 1 aromatic carbocycles. The van der Waals surface area contributed by atoms with Crippen LogP contribution in [0.3, 0.4) is 0 Å². The summed E-state index contributed by atoms with van der Waals surface area (Å²) in [5.74, 6) is -0.585. The van der Waals surface area contributed by atoms with Crippen LogP contribution in [0.2, 0.25) is 0 Å². The minimum atomic E-state index is -3.94. The lowest BCUT2D eigenvalue weighted by Gasteiger charge is -2.12. The van der Waals surface area contributed by atoms with E-state index in [1.54, 1.807) is 26.0 Å². The Labute approximate surface area is 144 Å². The fraction of sp³-hybridized carbons (Fsp3) is 0.286.